The van der Waals surface area contributed by atoms with Crippen LogP contribution in [-0.2, 0) is 0 Å². The van der Waals surface area contributed by atoms with Gasteiger partial charge in [-0.15, -0.1) is 11.8 Å². The van der Waals surface area contributed by atoms with E-state index in [9.17, 15) is 0 Å². The fourth-order valence-corrected chi connectivity index (χ4v) is 2.87. The van der Waals surface area contributed by atoms with E-state index in [1.807, 2.05) is 37.0 Å². The maximum atomic E-state index is 5.37. The molecular formula is C15H18N2OS. The normalized spacial score (nSPS) is 12.1. The van der Waals surface area contributed by atoms with Crippen LogP contribution in [0.4, 0.5) is 0 Å². The summed E-state index contributed by atoms with van der Waals surface area (Å²) in [5.74, 6) is 1.74. The van der Waals surface area contributed by atoms with E-state index in [0.29, 0.717) is 0 Å². The zero-order valence-electron chi connectivity index (χ0n) is 11.2. The minimum atomic E-state index is 0.168. The van der Waals surface area contributed by atoms with E-state index in [-0.39, 0.29) is 6.04 Å². The average Bonchev–Trinajstić information content (AvgIpc) is 2.49. The Bertz CT molecular complexity index is 505. The van der Waals surface area contributed by atoms with Crippen molar-refractivity contribution < 1.29 is 4.74 Å². The smallest absolute Gasteiger partial charge is 0.142 e. The summed E-state index contributed by atoms with van der Waals surface area (Å²) >= 11 is 1.81. The standard InChI is InChI=1S/C15H18N2OS/c1-16-13(11-19-12-7-4-3-5-8-12)15-14(18-2)9-6-10-17-15/h3-10,13,16H,11H2,1-2H3. The van der Waals surface area contributed by atoms with E-state index in [2.05, 4.69) is 34.6 Å². The summed E-state index contributed by atoms with van der Waals surface area (Å²) in [5.41, 5.74) is 0.955. The molecule has 1 atom stereocenters. The molecule has 0 amide bonds. The van der Waals surface area contributed by atoms with Crippen LogP contribution in [-0.4, -0.2) is 24.9 Å². The molecule has 0 saturated heterocycles. The summed E-state index contributed by atoms with van der Waals surface area (Å²) in [4.78, 5) is 5.69. The molecule has 0 aliphatic rings. The molecule has 19 heavy (non-hydrogen) atoms. The highest BCUT2D eigenvalue weighted by Crippen LogP contribution is 2.28. The lowest BCUT2D eigenvalue weighted by Gasteiger charge is -2.17. The SMILES string of the molecule is CNC(CSc1ccccc1)c1ncccc1OC. The molecule has 2 rings (SSSR count). The Morgan fingerprint density at radius 3 is 2.68 bits per heavy atom. The predicted octanol–water partition coefficient (Wildman–Crippen LogP) is 3.14. The Hall–Kier alpha value is -1.52. The molecule has 0 aliphatic heterocycles. The number of aromatic nitrogens is 1. The second-order valence-corrected chi connectivity index (χ2v) is 5.15. The second kappa shape index (κ2) is 7.16. The van der Waals surface area contributed by atoms with Crippen molar-refractivity contribution in [3.8, 4) is 5.75 Å². The van der Waals surface area contributed by atoms with Gasteiger partial charge in [0.15, 0.2) is 0 Å². The Labute approximate surface area is 118 Å². The highest BCUT2D eigenvalue weighted by molar-refractivity contribution is 7.99. The third kappa shape index (κ3) is 3.72. The predicted molar refractivity (Wildman–Crippen MR) is 79.8 cm³/mol. The third-order valence-electron chi connectivity index (χ3n) is 2.86. The first-order valence-corrected chi connectivity index (χ1v) is 7.17. The molecule has 3 nitrogen and oxygen atoms in total. The van der Waals surface area contributed by atoms with Gasteiger partial charge < -0.3 is 10.1 Å². The maximum absolute atomic E-state index is 5.37. The Balaban J connectivity index is 2.08. The summed E-state index contributed by atoms with van der Waals surface area (Å²) in [5, 5.41) is 3.30. The number of hydrogen-bond acceptors (Lipinski definition) is 4. The first-order valence-electron chi connectivity index (χ1n) is 6.19. The fourth-order valence-electron chi connectivity index (χ4n) is 1.83. The molecule has 1 aromatic heterocycles. The molecule has 2 aromatic rings. The first kappa shape index (κ1) is 13.9. The number of thioether (sulfide) groups is 1. The molecule has 1 heterocycles. The summed E-state index contributed by atoms with van der Waals surface area (Å²) in [6.07, 6.45) is 1.80. The van der Waals surface area contributed by atoms with Crippen LogP contribution in [0.15, 0.2) is 53.6 Å². The van der Waals surface area contributed by atoms with Crippen molar-refractivity contribution in [3.05, 3.63) is 54.4 Å². The van der Waals surface area contributed by atoms with E-state index in [1.165, 1.54) is 4.90 Å². The highest BCUT2D eigenvalue weighted by Gasteiger charge is 2.15. The molecule has 0 spiro atoms. The number of nitrogens with one attached hydrogen (secondary N) is 1. The van der Waals surface area contributed by atoms with Gasteiger partial charge >= 0.3 is 0 Å². The van der Waals surface area contributed by atoms with Crippen LogP contribution in [0.3, 0.4) is 0 Å². The molecule has 1 N–H and O–H groups in total. The van der Waals surface area contributed by atoms with Crippen LogP contribution < -0.4 is 10.1 Å². The summed E-state index contributed by atoms with van der Waals surface area (Å²) in [6.45, 7) is 0. The molecule has 1 unspecified atom stereocenters. The number of methoxy groups -OCH3 is 1. The van der Waals surface area contributed by atoms with E-state index >= 15 is 0 Å². The fraction of sp³-hybridized carbons (Fsp3) is 0.267. The molecule has 0 fully saturated rings. The minimum absolute atomic E-state index is 0.168. The van der Waals surface area contributed by atoms with Crippen LogP contribution >= 0.6 is 11.8 Å². The average molecular weight is 274 g/mol. The summed E-state index contributed by atoms with van der Waals surface area (Å²) in [6, 6.07) is 14.4. The molecule has 0 bridgehead atoms. The van der Waals surface area contributed by atoms with Gasteiger partial charge in [-0.25, -0.2) is 0 Å². The molecular weight excluding hydrogens is 256 g/mol. The van der Waals surface area contributed by atoms with E-state index < -0.39 is 0 Å². The topological polar surface area (TPSA) is 34.2 Å². The van der Waals surface area contributed by atoms with Crippen LogP contribution in [0.25, 0.3) is 0 Å². The quantitative estimate of drug-likeness (QED) is 0.821. The van der Waals surface area contributed by atoms with Crippen LogP contribution in [0.5, 0.6) is 5.75 Å². The van der Waals surface area contributed by atoms with Gasteiger partial charge in [0.05, 0.1) is 18.8 Å². The summed E-state index contributed by atoms with van der Waals surface area (Å²) in [7, 11) is 3.63. The van der Waals surface area contributed by atoms with E-state index in [1.54, 1.807) is 13.3 Å². The number of rotatable bonds is 6. The molecule has 100 valence electrons. The van der Waals surface area contributed by atoms with Crippen LogP contribution in [0, 0.1) is 0 Å². The van der Waals surface area contributed by atoms with Crippen molar-refractivity contribution in [2.45, 2.75) is 10.9 Å². The van der Waals surface area contributed by atoms with Gasteiger partial charge in [0.1, 0.15) is 5.75 Å². The van der Waals surface area contributed by atoms with Crippen molar-refractivity contribution in [3.63, 3.8) is 0 Å². The van der Waals surface area contributed by atoms with Gasteiger partial charge in [-0.05, 0) is 31.3 Å². The molecule has 4 heteroatoms. The van der Waals surface area contributed by atoms with Crippen LogP contribution in [0.1, 0.15) is 11.7 Å². The lowest BCUT2D eigenvalue weighted by atomic mass is 10.2. The van der Waals surface area contributed by atoms with Gasteiger partial charge in [0.25, 0.3) is 0 Å². The van der Waals surface area contributed by atoms with Gasteiger partial charge in [0, 0.05) is 16.8 Å². The lowest BCUT2D eigenvalue weighted by Crippen LogP contribution is -2.20. The second-order valence-electron chi connectivity index (χ2n) is 4.06. The largest absolute Gasteiger partial charge is 0.495 e. The Kier molecular flexibility index (Phi) is 5.24. The monoisotopic (exact) mass is 274 g/mol. The van der Waals surface area contributed by atoms with Gasteiger partial charge in [-0.3, -0.25) is 4.98 Å². The number of nitrogens with zero attached hydrogens (tertiary/aromatic N) is 1. The Morgan fingerprint density at radius 1 is 1.21 bits per heavy atom. The highest BCUT2D eigenvalue weighted by atomic mass is 32.2. The molecule has 1 aromatic carbocycles. The summed E-state index contributed by atoms with van der Waals surface area (Å²) < 4.78 is 5.37. The first-order chi connectivity index (χ1) is 9.35. The third-order valence-corrected chi connectivity index (χ3v) is 3.96. The van der Waals surface area contributed by atoms with Gasteiger partial charge in [-0.1, -0.05) is 18.2 Å². The zero-order valence-corrected chi connectivity index (χ0v) is 12.0. The molecule has 0 radical (unpaired) electrons. The lowest BCUT2D eigenvalue weighted by molar-refractivity contribution is 0.400. The van der Waals surface area contributed by atoms with Crippen LogP contribution in [0.2, 0.25) is 0 Å². The number of hydrogen-bond donors (Lipinski definition) is 1. The van der Waals surface area contributed by atoms with Crippen molar-refractivity contribution in [1.29, 1.82) is 0 Å². The van der Waals surface area contributed by atoms with E-state index in [0.717, 1.165) is 17.2 Å². The minimum Gasteiger partial charge on any atom is -0.495 e. The van der Waals surface area contributed by atoms with Gasteiger partial charge in [-0.2, -0.15) is 0 Å². The van der Waals surface area contributed by atoms with Crippen molar-refractivity contribution in [1.82, 2.24) is 10.3 Å². The van der Waals surface area contributed by atoms with Crippen molar-refractivity contribution >= 4 is 11.8 Å². The maximum Gasteiger partial charge on any atom is 0.142 e. The molecule has 0 aliphatic carbocycles. The molecule has 0 saturated carbocycles. The van der Waals surface area contributed by atoms with E-state index in [4.69, 9.17) is 4.74 Å². The number of ether oxygens (including phenoxy) is 1. The number of pyridine rings is 1. The zero-order chi connectivity index (χ0) is 13.5. The van der Waals surface area contributed by atoms with Gasteiger partial charge in [0.2, 0.25) is 0 Å². The van der Waals surface area contributed by atoms with Crippen molar-refractivity contribution in [2.75, 3.05) is 19.9 Å². The van der Waals surface area contributed by atoms with Crippen molar-refractivity contribution in [2.24, 2.45) is 0 Å². The number of benzene rings is 1. The Morgan fingerprint density at radius 2 is 2.00 bits per heavy atom.